The van der Waals surface area contributed by atoms with Gasteiger partial charge in [-0.05, 0) is 23.7 Å². The number of hydrogen-bond acceptors (Lipinski definition) is 5. The van der Waals surface area contributed by atoms with Crippen molar-refractivity contribution in [2.24, 2.45) is 14.1 Å². The lowest BCUT2D eigenvalue weighted by Crippen LogP contribution is -2.37. The standard InChI is InChI=1S/C15H12ClN5O3/c1-19-12-11(13(22)20(2)15(19)23)21(14(16)18-12)7-10-17-8-5-3-4-6-9(8)24-10/h3-6H,7H2,1-2H3. The van der Waals surface area contributed by atoms with Gasteiger partial charge in [-0.1, -0.05) is 12.1 Å². The van der Waals surface area contributed by atoms with E-state index in [0.717, 1.165) is 4.57 Å². The van der Waals surface area contributed by atoms with E-state index in [0.29, 0.717) is 17.0 Å². The Kier molecular flexibility index (Phi) is 3.10. The van der Waals surface area contributed by atoms with Crippen molar-refractivity contribution in [2.45, 2.75) is 6.54 Å². The van der Waals surface area contributed by atoms with E-state index in [1.54, 1.807) is 0 Å². The Hall–Kier alpha value is -2.87. The van der Waals surface area contributed by atoms with Crippen LogP contribution in [0.4, 0.5) is 0 Å². The number of benzene rings is 1. The molecule has 0 N–H and O–H groups in total. The largest absolute Gasteiger partial charge is 0.439 e. The molecule has 0 aliphatic heterocycles. The summed E-state index contributed by atoms with van der Waals surface area (Å²) >= 11 is 6.18. The van der Waals surface area contributed by atoms with Gasteiger partial charge < -0.3 is 4.42 Å². The van der Waals surface area contributed by atoms with E-state index in [4.69, 9.17) is 16.0 Å². The highest BCUT2D eigenvalue weighted by atomic mass is 35.5. The van der Waals surface area contributed by atoms with Gasteiger partial charge >= 0.3 is 5.69 Å². The molecule has 3 heterocycles. The van der Waals surface area contributed by atoms with Crippen LogP contribution < -0.4 is 11.2 Å². The first-order chi connectivity index (χ1) is 11.5. The molecule has 4 rings (SSSR count). The molecule has 0 bridgehead atoms. The van der Waals surface area contributed by atoms with Gasteiger partial charge in [0.05, 0.1) is 0 Å². The zero-order valence-electron chi connectivity index (χ0n) is 12.9. The third-order valence-corrected chi connectivity index (χ3v) is 4.22. The van der Waals surface area contributed by atoms with E-state index >= 15 is 0 Å². The van der Waals surface area contributed by atoms with Gasteiger partial charge in [-0.2, -0.15) is 4.98 Å². The first-order valence-electron chi connectivity index (χ1n) is 7.13. The lowest BCUT2D eigenvalue weighted by molar-refractivity contribution is 0.512. The van der Waals surface area contributed by atoms with Crippen molar-refractivity contribution in [2.75, 3.05) is 0 Å². The maximum atomic E-state index is 12.5. The maximum absolute atomic E-state index is 12.5. The van der Waals surface area contributed by atoms with Crippen LogP contribution in [0.5, 0.6) is 0 Å². The fraction of sp³-hybridized carbons (Fsp3) is 0.200. The van der Waals surface area contributed by atoms with Gasteiger partial charge in [-0.3, -0.25) is 18.5 Å². The van der Waals surface area contributed by atoms with E-state index in [1.807, 2.05) is 24.3 Å². The van der Waals surface area contributed by atoms with Crippen molar-refractivity contribution in [1.29, 1.82) is 0 Å². The smallest absolute Gasteiger partial charge is 0.332 e. The van der Waals surface area contributed by atoms with Crippen molar-refractivity contribution < 1.29 is 4.42 Å². The quantitative estimate of drug-likeness (QED) is 0.511. The zero-order chi connectivity index (χ0) is 17.0. The molecule has 8 nitrogen and oxygen atoms in total. The summed E-state index contributed by atoms with van der Waals surface area (Å²) in [6, 6.07) is 7.35. The van der Waals surface area contributed by atoms with Crippen LogP contribution in [0.1, 0.15) is 5.89 Å². The van der Waals surface area contributed by atoms with Crippen LogP contribution in [0.25, 0.3) is 22.3 Å². The van der Waals surface area contributed by atoms with Crippen LogP contribution in [-0.4, -0.2) is 23.7 Å². The van der Waals surface area contributed by atoms with Crippen LogP contribution in [0.2, 0.25) is 5.28 Å². The van der Waals surface area contributed by atoms with Gasteiger partial charge in [0.15, 0.2) is 16.7 Å². The van der Waals surface area contributed by atoms with Crippen LogP contribution in [0, 0.1) is 0 Å². The van der Waals surface area contributed by atoms with Crippen molar-refractivity contribution in [3.05, 3.63) is 56.3 Å². The van der Waals surface area contributed by atoms with E-state index < -0.39 is 11.2 Å². The fourth-order valence-corrected chi connectivity index (χ4v) is 2.91. The van der Waals surface area contributed by atoms with Crippen molar-refractivity contribution in [3.63, 3.8) is 0 Å². The number of fused-ring (bicyclic) bond motifs is 2. The fourth-order valence-electron chi connectivity index (χ4n) is 2.69. The summed E-state index contributed by atoms with van der Waals surface area (Å²) in [7, 11) is 2.95. The number of oxazole rings is 1. The molecular weight excluding hydrogens is 334 g/mol. The van der Waals surface area contributed by atoms with Gasteiger partial charge in [0.25, 0.3) is 5.56 Å². The lowest BCUT2D eigenvalue weighted by atomic mass is 10.3. The zero-order valence-corrected chi connectivity index (χ0v) is 13.6. The Morgan fingerprint density at radius 3 is 2.62 bits per heavy atom. The molecule has 4 aromatic rings. The minimum atomic E-state index is -0.469. The molecule has 3 aromatic heterocycles. The number of halogens is 1. The predicted molar refractivity (Wildman–Crippen MR) is 88.3 cm³/mol. The van der Waals surface area contributed by atoms with Gasteiger partial charge in [-0.15, -0.1) is 0 Å². The molecular formula is C15H12ClN5O3. The van der Waals surface area contributed by atoms with Crippen molar-refractivity contribution in [3.8, 4) is 0 Å². The molecule has 0 aliphatic carbocycles. The lowest BCUT2D eigenvalue weighted by Gasteiger charge is -2.05. The first-order valence-corrected chi connectivity index (χ1v) is 7.51. The average molecular weight is 346 g/mol. The highest BCUT2D eigenvalue weighted by Gasteiger charge is 2.19. The SMILES string of the molecule is Cn1c(=O)c2c(nc(Cl)n2Cc2nc3ccccc3o2)n(C)c1=O. The average Bonchev–Trinajstić information content (AvgIpc) is 3.12. The summed E-state index contributed by atoms with van der Waals surface area (Å²) in [5, 5.41) is 0.0885. The Bertz CT molecular complexity index is 1180. The molecule has 0 atom stereocenters. The molecule has 0 unspecified atom stereocenters. The minimum absolute atomic E-state index is 0.0885. The second kappa shape index (κ2) is 5.07. The summed E-state index contributed by atoms with van der Waals surface area (Å²) in [5.74, 6) is 0.397. The summed E-state index contributed by atoms with van der Waals surface area (Å²) in [5.41, 5.74) is 0.886. The molecule has 0 saturated carbocycles. The third-order valence-electron chi connectivity index (χ3n) is 3.93. The molecule has 0 saturated heterocycles. The Morgan fingerprint density at radius 1 is 1.12 bits per heavy atom. The molecule has 9 heteroatoms. The summed E-state index contributed by atoms with van der Waals surface area (Å²) in [6.07, 6.45) is 0. The third kappa shape index (κ3) is 2.00. The Balaban J connectivity index is 1.95. The maximum Gasteiger partial charge on any atom is 0.332 e. The predicted octanol–water partition coefficient (Wildman–Crippen LogP) is 1.28. The highest BCUT2D eigenvalue weighted by molar-refractivity contribution is 6.29. The molecule has 0 amide bonds. The summed E-state index contributed by atoms with van der Waals surface area (Å²) in [4.78, 5) is 33.0. The van der Waals surface area contributed by atoms with E-state index in [9.17, 15) is 9.59 Å². The second-order valence-corrected chi connectivity index (χ2v) is 5.76. The van der Waals surface area contributed by atoms with Crippen LogP contribution in [-0.2, 0) is 20.6 Å². The molecule has 0 aliphatic rings. The number of imidazole rings is 1. The van der Waals surface area contributed by atoms with Crippen LogP contribution >= 0.6 is 11.6 Å². The molecule has 122 valence electrons. The van der Waals surface area contributed by atoms with E-state index in [1.165, 1.54) is 23.2 Å². The number of rotatable bonds is 2. The number of para-hydroxylation sites is 2. The summed E-state index contributed by atoms with van der Waals surface area (Å²) < 4.78 is 9.46. The molecule has 0 spiro atoms. The number of nitrogens with zero attached hydrogens (tertiary/aromatic N) is 5. The molecule has 1 aromatic carbocycles. The second-order valence-electron chi connectivity index (χ2n) is 5.42. The minimum Gasteiger partial charge on any atom is -0.439 e. The number of hydrogen-bond donors (Lipinski definition) is 0. The van der Waals surface area contributed by atoms with Gasteiger partial charge in [-0.25, -0.2) is 9.78 Å². The Labute approximate surface area is 139 Å². The number of aryl methyl sites for hydroxylation is 1. The highest BCUT2D eigenvalue weighted by Crippen LogP contribution is 2.20. The Morgan fingerprint density at radius 2 is 1.88 bits per heavy atom. The molecule has 0 fully saturated rings. The van der Waals surface area contributed by atoms with Crippen molar-refractivity contribution in [1.82, 2.24) is 23.7 Å². The normalized spacial score (nSPS) is 11.6. The topological polar surface area (TPSA) is 87.8 Å². The molecule has 0 radical (unpaired) electrons. The van der Waals surface area contributed by atoms with Gasteiger partial charge in [0, 0.05) is 14.1 Å². The first kappa shape index (κ1) is 14.7. The van der Waals surface area contributed by atoms with E-state index in [2.05, 4.69) is 9.97 Å². The van der Waals surface area contributed by atoms with Crippen molar-refractivity contribution >= 4 is 33.9 Å². The van der Waals surface area contributed by atoms with E-state index in [-0.39, 0.29) is 23.0 Å². The van der Waals surface area contributed by atoms with Crippen LogP contribution in [0.15, 0.2) is 38.3 Å². The number of aromatic nitrogens is 5. The molecule has 24 heavy (non-hydrogen) atoms. The van der Waals surface area contributed by atoms with Gasteiger partial charge in [0.1, 0.15) is 12.1 Å². The summed E-state index contributed by atoms with van der Waals surface area (Å²) in [6.45, 7) is 0.136. The van der Waals surface area contributed by atoms with Gasteiger partial charge in [0.2, 0.25) is 11.2 Å². The monoisotopic (exact) mass is 345 g/mol. The van der Waals surface area contributed by atoms with Crippen LogP contribution in [0.3, 0.4) is 0 Å².